The summed E-state index contributed by atoms with van der Waals surface area (Å²) in [6, 6.07) is 1.96. The Kier molecular flexibility index (Phi) is 4.65. The molecule has 1 aromatic carbocycles. The van der Waals surface area contributed by atoms with E-state index in [1.807, 2.05) is 26.8 Å². The fourth-order valence-corrected chi connectivity index (χ4v) is 2.53. The Labute approximate surface area is 120 Å². The van der Waals surface area contributed by atoms with Gasteiger partial charge in [0.05, 0.1) is 19.8 Å². The van der Waals surface area contributed by atoms with Crippen LogP contribution in [0.2, 0.25) is 0 Å². The number of fused-ring (bicyclic) bond motifs is 1. The first kappa shape index (κ1) is 14.9. The van der Waals surface area contributed by atoms with Crippen molar-refractivity contribution in [2.75, 3.05) is 7.11 Å². The summed E-state index contributed by atoms with van der Waals surface area (Å²) < 4.78 is 16.6. The molecule has 0 aliphatic carbocycles. The maximum absolute atomic E-state index is 11.7. The molecule has 1 atom stereocenters. The van der Waals surface area contributed by atoms with Crippen molar-refractivity contribution in [2.24, 2.45) is 0 Å². The van der Waals surface area contributed by atoms with Gasteiger partial charge in [0.15, 0.2) is 0 Å². The van der Waals surface area contributed by atoms with Gasteiger partial charge in [-0.05, 0) is 38.3 Å². The molecular formula is C16H22O4. The third-order valence-corrected chi connectivity index (χ3v) is 3.58. The minimum Gasteiger partial charge on any atom is -0.496 e. The van der Waals surface area contributed by atoms with E-state index in [4.69, 9.17) is 14.2 Å². The van der Waals surface area contributed by atoms with E-state index < -0.39 is 0 Å². The molecule has 0 aromatic heterocycles. The second-order valence-corrected chi connectivity index (χ2v) is 5.22. The van der Waals surface area contributed by atoms with E-state index in [-0.39, 0.29) is 12.1 Å². The zero-order valence-electron chi connectivity index (χ0n) is 12.6. The molecule has 0 saturated carbocycles. The minimum absolute atomic E-state index is 0.175. The molecule has 1 aromatic rings. The van der Waals surface area contributed by atoms with Crippen molar-refractivity contribution >= 4 is 5.97 Å². The highest BCUT2D eigenvalue weighted by Gasteiger charge is 2.23. The van der Waals surface area contributed by atoms with E-state index in [2.05, 4.69) is 0 Å². The van der Waals surface area contributed by atoms with Gasteiger partial charge in [0.25, 0.3) is 0 Å². The fourth-order valence-electron chi connectivity index (χ4n) is 2.53. The summed E-state index contributed by atoms with van der Waals surface area (Å²) in [4.78, 5) is 11.7. The topological polar surface area (TPSA) is 44.8 Å². The summed E-state index contributed by atoms with van der Waals surface area (Å²) in [7, 11) is 1.64. The molecule has 1 heterocycles. The number of esters is 1. The van der Waals surface area contributed by atoms with Crippen LogP contribution in [0.3, 0.4) is 0 Å². The Morgan fingerprint density at radius 3 is 2.90 bits per heavy atom. The molecule has 0 N–H and O–H groups in total. The Hall–Kier alpha value is -1.55. The lowest BCUT2D eigenvalue weighted by Crippen LogP contribution is -2.20. The lowest BCUT2D eigenvalue weighted by Gasteiger charge is -2.26. The number of benzene rings is 1. The Morgan fingerprint density at radius 2 is 2.25 bits per heavy atom. The highest BCUT2D eigenvalue weighted by Crippen LogP contribution is 2.38. The molecule has 0 radical (unpaired) electrons. The monoisotopic (exact) mass is 278 g/mol. The molecule has 0 fully saturated rings. The molecule has 1 aliphatic rings. The van der Waals surface area contributed by atoms with Gasteiger partial charge < -0.3 is 14.2 Å². The van der Waals surface area contributed by atoms with Crippen LogP contribution < -0.4 is 9.47 Å². The van der Waals surface area contributed by atoms with Crippen LogP contribution >= 0.6 is 0 Å². The third-order valence-electron chi connectivity index (χ3n) is 3.58. The van der Waals surface area contributed by atoms with Crippen molar-refractivity contribution in [3.05, 3.63) is 22.8 Å². The normalized spacial score (nSPS) is 17.5. The summed E-state index contributed by atoms with van der Waals surface area (Å²) >= 11 is 0. The van der Waals surface area contributed by atoms with E-state index in [0.717, 1.165) is 35.3 Å². The molecule has 0 bridgehead atoms. The Morgan fingerprint density at radius 1 is 1.50 bits per heavy atom. The number of carbonyl (C=O) groups is 1. The van der Waals surface area contributed by atoms with Crippen LogP contribution in [0.25, 0.3) is 0 Å². The number of carbonyl (C=O) groups excluding carboxylic acids is 1. The maximum Gasteiger partial charge on any atom is 0.311 e. The average Bonchev–Trinajstić information content (AvgIpc) is 2.40. The van der Waals surface area contributed by atoms with E-state index in [1.165, 1.54) is 0 Å². The number of ether oxygens (including phenoxy) is 3. The van der Waals surface area contributed by atoms with Gasteiger partial charge in [-0.3, -0.25) is 4.79 Å². The SMILES string of the molecule is CCCC(=O)Oc1cc2c(c(OC)c1C)COC(C)C2. The van der Waals surface area contributed by atoms with Gasteiger partial charge in [-0.1, -0.05) is 6.92 Å². The van der Waals surface area contributed by atoms with E-state index in [9.17, 15) is 4.79 Å². The molecule has 0 spiro atoms. The molecular weight excluding hydrogens is 256 g/mol. The second kappa shape index (κ2) is 6.27. The van der Waals surface area contributed by atoms with Gasteiger partial charge in [0.2, 0.25) is 0 Å². The lowest BCUT2D eigenvalue weighted by atomic mass is 9.95. The molecule has 4 nitrogen and oxygen atoms in total. The summed E-state index contributed by atoms with van der Waals surface area (Å²) in [5, 5.41) is 0. The van der Waals surface area contributed by atoms with Gasteiger partial charge >= 0.3 is 5.97 Å². The van der Waals surface area contributed by atoms with Crippen LogP contribution in [-0.2, 0) is 22.6 Å². The maximum atomic E-state index is 11.7. The smallest absolute Gasteiger partial charge is 0.311 e. The van der Waals surface area contributed by atoms with Crippen LogP contribution in [-0.4, -0.2) is 19.2 Å². The first-order valence-corrected chi connectivity index (χ1v) is 7.08. The third kappa shape index (κ3) is 2.96. The molecule has 20 heavy (non-hydrogen) atoms. The van der Waals surface area contributed by atoms with Crippen molar-refractivity contribution in [1.29, 1.82) is 0 Å². The Balaban J connectivity index is 2.38. The highest BCUT2D eigenvalue weighted by atomic mass is 16.5. The van der Waals surface area contributed by atoms with E-state index in [0.29, 0.717) is 18.8 Å². The van der Waals surface area contributed by atoms with Crippen molar-refractivity contribution in [3.63, 3.8) is 0 Å². The summed E-state index contributed by atoms with van der Waals surface area (Å²) in [5.74, 6) is 1.18. The van der Waals surface area contributed by atoms with Gasteiger partial charge in [-0.2, -0.15) is 0 Å². The van der Waals surface area contributed by atoms with Crippen LogP contribution in [0.5, 0.6) is 11.5 Å². The van der Waals surface area contributed by atoms with Gasteiger partial charge in [0.1, 0.15) is 11.5 Å². The molecule has 4 heteroatoms. The largest absolute Gasteiger partial charge is 0.496 e. The quantitative estimate of drug-likeness (QED) is 0.627. The summed E-state index contributed by atoms with van der Waals surface area (Å²) in [5.41, 5.74) is 3.07. The zero-order valence-corrected chi connectivity index (χ0v) is 12.6. The lowest BCUT2D eigenvalue weighted by molar-refractivity contribution is -0.134. The minimum atomic E-state index is -0.197. The van der Waals surface area contributed by atoms with Crippen molar-refractivity contribution in [2.45, 2.75) is 52.7 Å². The molecule has 2 rings (SSSR count). The second-order valence-electron chi connectivity index (χ2n) is 5.22. The molecule has 1 unspecified atom stereocenters. The first-order valence-electron chi connectivity index (χ1n) is 7.08. The predicted octanol–water partition coefficient (Wildman–Crippen LogP) is 3.17. The fraction of sp³-hybridized carbons (Fsp3) is 0.562. The molecule has 0 amide bonds. The standard InChI is InChI=1S/C16H22O4/c1-5-6-15(17)20-14-8-12-7-10(2)19-9-13(12)16(18-4)11(14)3/h8,10H,5-7,9H2,1-4H3. The zero-order chi connectivity index (χ0) is 14.7. The number of hydrogen-bond acceptors (Lipinski definition) is 4. The van der Waals surface area contributed by atoms with E-state index >= 15 is 0 Å². The molecule has 1 aliphatic heterocycles. The van der Waals surface area contributed by atoms with Gasteiger partial charge in [-0.25, -0.2) is 0 Å². The van der Waals surface area contributed by atoms with Crippen LogP contribution in [0.1, 0.15) is 43.4 Å². The average molecular weight is 278 g/mol. The molecule has 110 valence electrons. The number of rotatable bonds is 4. The Bertz CT molecular complexity index is 508. The van der Waals surface area contributed by atoms with E-state index in [1.54, 1.807) is 7.11 Å². The highest BCUT2D eigenvalue weighted by molar-refractivity contribution is 5.73. The van der Waals surface area contributed by atoms with Crippen LogP contribution in [0, 0.1) is 6.92 Å². The van der Waals surface area contributed by atoms with Crippen LogP contribution in [0.4, 0.5) is 0 Å². The van der Waals surface area contributed by atoms with Crippen molar-refractivity contribution < 1.29 is 19.0 Å². The van der Waals surface area contributed by atoms with Gasteiger partial charge in [-0.15, -0.1) is 0 Å². The number of hydrogen-bond donors (Lipinski definition) is 0. The van der Waals surface area contributed by atoms with Crippen LogP contribution in [0.15, 0.2) is 6.07 Å². The van der Waals surface area contributed by atoms with Crippen molar-refractivity contribution in [3.8, 4) is 11.5 Å². The number of methoxy groups -OCH3 is 1. The predicted molar refractivity (Wildman–Crippen MR) is 76.2 cm³/mol. The van der Waals surface area contributed by atoms with Gasteiger partial charge in [0, 0.05) is 17.5 Å². The summed E-state index contributed by atoms with van der Waals surface area (Å²) in [6.07, 6.45) is 2.20. The van der Waals surface area contributed by atoms with Crippen molar-refractivity contribution in [1.82, 2.24) is 0 Å². The molecule has 0 saturated heterocycles. The first-order chi connectivity index (χ1) is 9.56. The summed E-state index contributed by atoms with van der Waals surface area (Å²) in [6.45, 7) is 6.45.